The number of hydrogen-bond acceptors (Lipinski definition) is 5. The topological polar surface area (TPSA) is 84.3 Å². The van der Waals surface area contributed by atoms with Gasteiger partial charge < -0.3 is 10.5 Å². The van der Waals surface area contributed by atoms with Crippen molar-refractivity contribution in [3.63, 3.8) is 0 Å². The van der Waals surface area contributed by atoms with Gasteiger partial charge in [-0.05, 0) is 31.2 Å². The van der Waals surface area contributed by atoms with Crippen LogP contribution < -0.4 is 5.73 Å². The molecule has 0 aliphatic carbocycles. The highest BCUT2D eigenvalue weighted by Crippen LogP contribution is 2.40. The molecule has 0 saturated carbocycles. The van der Waals surface area contributed by atoms with Gasteiger partial charge in [0.25, 0.3) is 6.02 Å². The van der Waals surface area contributed by atoms with Crippen molar-refractivity contribution < 1.29 is 22.3 Å². The Morgan fingerprint density at radius 2 is 1.86 bits per heavy atom. The molecule has 2 aromatic rings. The van der Waals surface area contributed by atoms with Crippen LogP contribution in [-0.4, -0.2) is 23.3 Å². The minimum absolute atomic E-state index is 0.0753. The molecule has 2 N–H and O–H groups in total. The van der Waals surface area contributed by atoms with Crippen LogP contribution in [0.4, 0.5) is 17.6 Å². The first-order valence-corrected chi connectivity index (χ1v) is 8.36. The number of hydrogen-bond donors (Lipinski definition) is 1. The maximum Gasteiger partial charge on any atom is 0.425 e. The summed E-state index contributed by atoms with van der Waals surface area (Å²) in [6.45, 7) is 1.36. The summed E-state index contributed by atoms with van der Waals surface area (Å²) in [5.74, 6) is 4.85. The third-order valence-corrected chi connectivity index (χ3v) is 4.33. The third-order valence-electron chi connectivity index (χ3n) is 4.33. The standard InChI is InChI=1S/C20H14F4N4O/c1-19(8-17(20(22,23)24)29-18(26)28-19)15-7-12(4-5-16(15)21)2-3-13-6-14(9-25)11-27-10-13/h4-7,10-11,17H,8H2,1H3,(H2,26,28). The molecule has 148 valence electrons. The number of amidine groups is 1. The molecule has 0 bridgehead atoms. The number of ether oxygens (including phenoxy) is 1. The molecule has 1 aromatic carbocycles. The van der Waals surface area contributed by atoms with Crippen molar-refractivity contribution in [3.05, 3.63) is 64.7 Å². The van der Waals surface area contributed by atoms with E-state index < -0.39 is 36.1 Å². The molecule has 0 saturated heterocycles. The summed E-state index contributed by atoms with van der Waals surface area (Å²) in [6.07, 6.45) is -4.66. The highest BCUT2D eigenvalue weighted by Gasteiger charge is 2.50. The van der Waals surface area contributed by atoms with Crippen LogP contribution in [-0.2, 0) is 10.3 Å². The maximum atomic E-state index is 14.5. The summed E-state index contributed by atoms with van der Waals surface area (Å²) in [5, 5.41) is 8.89. The molecule has 3 rings (SSSR count). The van der Waals surface area contributed by atoms with Crippen LogP contribution in [0.3, 0.4) is 0 Å². The summed E-state index contributed by atoms with van der Waals surface area (Å²) < 4.78 is 58.5. The first kappa shape index (κ1) is 20.2. The zero-order valence-corrected chi connectivity index (χ0v) is 15.1. The monoisotopic (exact) mass is 402 g/mol. The van der Waals surface area contributed by atoms with E-state index in [9.17, 15) is 17.6 Å². The largest absolute Gasteiger partial charge is 0.452 e. The molecule has 29 heavy (non-hydrogen) atoms. The number of benzene rings is 1. The first-order chi connectivity index (χ1) is 13.6. The molecule has 0 amide bonds. The predicted molar refractivity (Wildman–Crippen MR) is 95.9 cm³/mol. The van der Waals surface area contributed by atoms with E-state index in [0.29, 0.717) is 16.7 Å². The van der Waals surface area contributed by atoms with Gasteiger partial charge in [0.1, 0.15) is 11.9 Å². The number of halogens is 4. The zero-order chi connectivity index (χ0) is 21.2. The van der Waals surface area contributed by atoms with Crippen LogP contribution in [0, 0.1) is 29.0 Å². The number of nitrogens with two attached hydrogens (primary N) is 1. The molecule has 2 heterocycles. The van der Waals surface area contributed by atoms with Crippen molar-refractivity contribution in [1.82, 2.24) is 4.98 Å². The fourth-order valence-corrected chi connectivity index (χ4v) is 2.95. The fourth-order valence-electron chi connectivity index (χ4n) is 2.95. The van der Waals surface area contributed by atoms with E-state index in [1.165, 1.54) is 37.5 Å². The van der Waals surface area contributed by atoms with Crippen molar-refractivity contribution in [2.45, 2.75) is 31.2 Å². The zero-order valence-electron chi connectivity index (χ0n) is 15.1. The van der Waals surface area contributed by atoms with Gasteiger partial charge >= 0.3 is 6.18 Å². The minimum Gasteiger partial charge on any atom is -0.452 e. The lowest BCUT2D eigenvalue weighted by Crippen LogP contribution is -2.46. The van der Waals surface area contributed by atoms with Crippen LogP contribution in [0.1, 0.15) is 35.6 Å². The summed E-state index contributed by atoms with van der Waals surface area (Å²) in [7, 11) is 0. The number of alkyl halides is 3. The molecular formula is C20H14F4N4O. The molecule has 0 fully saturated rings. The second-order valence-corrected chi connectivity index (χ2v) is 6.59. The summed E-state index contributed by atoms with van der Waals surface area (Å²) in [4.78, 5) is 7.82. The molecule has 2 unspecified atom stereocenters. The highest BCUT2D eigenvalue weighted by atomic mass is 19.4. The highest BCUT2D eigenvalue weighted by molar-refractivity contribution is 5.73. The number of pyridine rings is 1. The quantitative estimate of drug-likeness (QED) is 0.586. The number of nitriles is 1. The second kappa shape index (κ2) is 7.44. The Hall–Kier alpha value is -3.59. The predicted octanol–water partition coefficient (Wildman–Crippen LogP) is 3.37. The summed E-state index contributed by atoms with van der Waals surface area (Å²) in [6, 6.07) is 6.65. The van der Waals surface area contributed by atoms with E-state index in [0.717, 1.165) is 6.07 Å². The van der Waals surface area contributed by atoms with Gasteiger partial charge in [0.05, 0.1) is 11.1 Å². The molecule has 1 aromatic heterocycles. The van der Waals surface area contributed by atoms with Gasteiger partial charge in [-0.15, -0.1) is 0 Å². The lowest BCUT2D eigenvalue weighted by molar-refractivity contribution is -0.208. The minimum atomic E-state index is -4.67. The molecule has 0 radical (unpaired) electrons. The molecule has 2 atom stereocenters. The van der Waals surface area contributed by atoms with Gasteiger partial charge in [-0.2, -0.15) is 18.4 Å². The van der Waals surface area contributed by atoms with Crippen LogP contribution in [0.15, 0.2) is 41.7 Å². The average molecular weight is 402 g/mol. The molecular weight excluding hydrogens is 388 g/mol. The number of aliphatic imine (C=N–C) groups is 1. The summed E-state index contributed by atoms with van der Waals surface area (Å²) >= 11 is 0. The van der Waals surface area contributed by atoms with Crippen LogP contribution >= 0.6 is 0 Å². The Kier molecular flexibility index (Phi) is 5.17. The van der Waals surface area contributed by atoms with E-state index in [2.05, 4.69) is 26.6 Å². The Labute approximate surface area is 163 Å². The van der Waals surface area contributed by atoms with E-state index in [1.54, 1.807) is 0 Å². The first-order valence-electron chi connectivity index (χ1n) is 8.36. The third kappa shape index (κ3) is 4.46. The van der Waals surface area contributed by atoms with E-state index in [-0.39, 0.29) is 5.56 Å². The van der Waals surface area contributed by atoms with Crippen LogP contribution in [0.25, 0.3) is 0 Å². The van der Waals surface area contributed by atoms with Crippen molar-refractivity contribution in [2.75, 3.05) is 0 Å². The second-order valence-electron chi connectivity index (χ2n) is 6.59. The SMILES string of the molecule is CC1(c2cc(C#Cc3cncc(C#N)c3)ccc2F)CC(C(F)(F)F)OC(N)=N1. The maximum absolute atomic E-state index is 14.5. The van der Waals surface area contributed by atoms with Gasteiger partial charge in [0.15, 0.2) is 6.10 Å². The number of aromatic nitrogens is 1. The molecule has 0 spiro atoms. The van der Waals surface area contributed by atoms with E-state index in [1.807, 2.05) is 6.07 Å². The fraction of sp³-hybridized carbons (Fsp3) is 0.250. The molecule has 9 heteroatoms. The summed E-state index contributed by atoms with van der Waals surface area (Å²) in [5.41, 5.74) is 4.92. The number of nitrogens with zero attached hydrogens (tertiary/aromatic N) is 3. The van der Waals surface area contributed by atoms with Gasteiger partial charge in [0, 0.05) is 35.5 Å². The Balaban J connectivity index is 1.98. The van der Waals surface area contributed by atoms with Gasteiger partial charge in [0.2, 0.25) is 0 Å². The molecule has 1 aliphatic rings. The van der Waals surface area contributed by atoms with Gasteiger partial charge in [-0.3, -0.25) is 4.98 Å². The molecule has 5 nitrogen and oxygen atoms in total. The van der Waals surface area contributed by atoms with Crippen LogP contribution in [0.5, 0.6) is 0 Å². The lowest BCUT2D eigenvalue weighted by Gasteiger charge is -2.35. The van der Waals surface area contributed by atoms with Crippen molar-refractivity contribution in [2.24, 2.45) is 10.7 Å². The Morgan fingerprint density at radius 3 is 2.55 bits per heavy atom. The van der Waals surface area contributed by atoms with E-state index >= 15 is 0 Å². The Bertz CT molecular complexity index is 1080. The average Bonchev–Trinajstić information content (AvgIpc) is 2.66. The van der Waals surface area contributed by atoms with Crippen molar-refractivity contribution >= 4 is 6.02 Å². The lowest BCUT2D eigenvalue weighted by atomic mass is 9.84. The normalized spacial score (nSPS) is 21.2. The number of rotatable bonds is 1. The van der Waals surface area contributed by atoms with Crippen molar-refractivity contribution in [1.29, 1.82) is 5.26 Å². The van der Waals surface area contributed by atoms with Gasteiger partial charge in [-0.1, -0.05) is 11.8 Å². The Morgan fingerprint density at radius 1 is 1.17 bits per heavy atom. The van der Waals surface area contributed by atoms with Crippen molar-refractivity contribution in [3.8, 4) is 17.9 Å². The smallest absolute Gasteiger partial charge is 0.425 e. The molecule has 1 aliphatic heterocycles. The van der Waals surface area contributed by atoms with E-state index in [4.69, 9.17) is 11.0 Å². The van der Waals surface area contributed by atoms with Gasteiger partial charge in [-0.25, -0.2) is 9.38 Å². The van der Waals surface area contributed by atoms with Crippen LogP contribution in [0.2, 0.25) is 0 Å².